The zero-order chi connectivity index (χ0) is 36.0. The molecule has 4 aromatic heterocycles. The molecule has 0 atom stereocenters. The zero-order valence-electron chi connectivity index (χ0n) is 29.3. The van der Waals surface area contributed by atoms with Crippen molar-refractivity contribution >= 4 is 95.6 Å². The minimum atomic E-state index is 0.650. The largest absolute Gasteiger partial charge is 0.309 e. The topological polar surface area (TPSA) is 43.6 Å². The van der Waals surface area contributed by atoms with E-state index in [9.17, 15) is 0 Å². The number of hydrogen-bond acceptors (Lipinski definition) is 5. The fourth-order valence-corrected chi connectivity index (χ4v) is 10.8. The summed E-state index contributed by atoms with van der Waals surface area (Å²) in [6.07, 6.45) is 0. The van der Waals surface area contributed by atoms with Gasteiger partial charge in [0.05, 0.1) is 11.0 Å². The molecule has 0 aliphatic carbocycles. The number of rotatable bonds is 4. The molecular formula is C49H28N4S2. The van der Waals surface area contributed by atoms with Gasteiger partial charge in [-0.25, -0.2) is 15.0 Å². The molecule has 4 nitrogen and oxygen atoms in total. The molecule has 256 valence electrons. The molecule has 12 rings (SSSR count). The third-order valence-corrected chi connectivity index (χ3v) is 13.2. The van der Waals surface area contributed by atoms with Crippen LogP contribution in [0.4, 0.5) is 0 Å². The first-order chi connectivity index (χ1) is 27.2. The lowest BCUT2D eigenvalue weighted by Gasteiger charge is -2.13. The van der Waals surface area contributed by atoms with Crippen LogP contribution in [0.1, 0.15) is 0 Å². The smallest absolute Gasteiger partial charge is 0.165 e. The van der Waals surface area contributed by atoms with Crippen LogP contribution in [0.25, 0.3) is 113 Å². The molecule has 0 N–H and O–H groups in total. The molecule has 55 heavy (non-hydrogen) atoms. The second-order valence-corrected chi connectivity index (χ2v) is 16.1. The van der Waals surface area contributed by atoms with Crippen LogP contribution in [-0.4, -0.2) is 19.5 Å². The normalized spacial score (nSPS) is 12.0. The highest BCUT2D eigenvalue weighted by Crippen LogP contribution is 2.48. The summed E-state index contributed by atoms with van der Waals surface area (Å²) in [5, 5.41) is 9.88. The number of fused-ring (bicyclic) bond motifs is 11. The minimum absolute atomic E-state index is 0.650. The molecule has 0 amide bonds. The van der Waals surface area contributed by atoms with Gasteiger partial charge in [-0.05, 0) is 53.2 Å². The highest BCUT2D eigenvalue weighted by molar-refractivity contribution is 7.30. The highest BCUT2D eigenvalue weighted by Gasteiger charge is 2.22. The first-order valence-electron chi connectivity index (χ1n) is 18.4. The van der Waals surface area contributed by atoms with Gasteiger partial charge in [0.25, 0.3) is 0 Å². The number of hydrogen-bond donors (Lipinski definition) is 0. The van der Waals surface area contributed by atoms with Crippen molar-refractivity contribution in [3.63, 3.8) is 0 Å². The third kappa shape index (κ3) is 4.72. The number of benzene rings is 8. The van der Waals surface area contributed by atoms with Crippen molar-refractivity contribution < 1.29 is 0 Å². The average molecular weight is 737 g/mol. The van der Waals surface area contributed by atoms with E-state index in [0.717, 1.165) is 38.8 Å². The van der Waals surface area contributed by atoms with Crippen LogP contribution in [0.15, 0.2) is 170 Å². The molecule has 0 aliphatic rings. The molecule has 0 radical (unpaired) electrons. The summed E-state index contributed by atoms with van der Waals surface area (Å²) in [5.41, 5.74) is 6.30. The molecule has 12 aromatic rings. The zero-order valence-corrected chi connectivity index (χ0v) is 30.9. The first kappa shape index (κ1) is 30.7. The summed E-state index contributed by atoms with van der Waals surface area (Å²) in [6, 6.07) is 60.6. The van der Waals surface area contributed by atoms with Crippen LogP contribution in [0.3, 0.4) is 0 Å². The monoisotopic (exact) mass is 736 g/mol. The molecule has 6 heteroatoms. The van der Waals surface area contributed by atoms with Gasteiger partial charge < -0.3 is 4.57 Å². The van der Waals surface area contributed by atoms with E-state index in [0.29, 0.717) is 17.5 Å². The summed E-state index contributed by atoms with van der Waals surface area (Å²) in [4.78, 5) is 15.8. The maximum absolute atomic E-state index is 5.35. The molecule has 0 aliphatic heterocycles. The molecule has 0 fully saturated rings. The predicted molar refractivity (Wildman–Crippen MR) is 234 cm³/mol. The number of aromatic nitrogens is 4. The Labute approximate surface area is 323 Å². The van der Waals surface area contributed by atoms with Crippen molar-refractivity contribution in [1.29, 1.82) is 0 Å². The van der Waals surface area contributed by atoms with E-state index in [-0.39, 0.29) is 0 Å². The molecular weight excluding hydrogens is 709 g/mol. The van der Waals surface area contributed by atoms with Gasteiger partial charge in [-0.15, -0.1) is 22.7 Å². The quantitative estimate of drug-likeness (QED) is 0.181. The lowest BCUT2D eigenvalue weighted by molar-refractivity contribution is 1.08. The molecule has 8 aromatic carbocycles. The Kier molecular flexibility index (Phi) is 6.64. The van der Waals surface area contributed by atoms with Crippen molar-refractivity contribution in [2.45, 2.75) is 0 Å². The predicted octanol–water partition coefficient (Wildman–Crippen LogP) is 13.9. The highest BCUT2D eigenvalue weighted by atomic mass is 32.1. The summed E-state index contributed by atoms with van der Waals surface area (Å²) in [5.74, 6) is 1.96. The van der Waals surface area contributed by atoms with E-state index in [1.165, 1.54) is 56.5 Å². The lowest BCUT2D eigenvalue weighted by atomic mass is 10.0. The van der Waals surface area contributed by atoms with Crippen LogP contribution in [0, 0.1) is 0 Å². The summed E-state index contributed by atoms with van der Waals surface area (Å²) in [7, 11) is 0. The van der Waals surface area contributed by atoms with Crippen molar-refractivity contribution in [1.82, 2.24) is 19.5 Å². The lowest BCUT2D eigenvalue weighted by Crippen LogP contribution is -2.01. The maximum Gasteiger partial charge on any atom is 0.165 e. The van der Waals surface area contributed by atoms with E-state index < -0.39 is 0 Å². The standard InChI is InChI=1S/C49H28N4S2/c1-2-13-30(14-3-1)47-50-48(32-23-22-29-12-4-5-15-31(29)26-32)52-49(51-47)39-28-33(53-40-19-9-6-16-34(40)35-17-7-10-20-41(35)53)27-38-44-43(55-45(38)39)25-24-37-36-18-8-11-21-42(36)54-46(37)44/h1-28H. The van der Waals surface area contributed by atoms with E-state index >= 15 is 0 Å². The van der Waals surface area contributed by atoms with Gasteiger partial charge in [0.2, 0.25) is 0 Å². The Morgan fingerprint density at radius 3 is 1.82 bits per heavy atom. The Bertz CT molecular complexity index is 3450. The van der Waals surface area contributed by atoms with Gasteiger partial charge in [-0.2, -0.15) is 0 Å². The summed E-state index contributed by atoms with van der Waals surface area (Å²) in [6.45, 7) is 0. The minimum Gasteiger partial charge on any atom is -0.309 e. The molecule has 0 saturated carbocycles. The Morgan fingerprint density at radius 2 is 1.02 bits per heavy atom. The van der Waals surface area contributed by atoms with Crippen molar-refractivity contribution in [2.75, 3.05) is 0 Å². The van der Waals surface area contributed by atoms with Gasteiger partial charge in [0, 0.05) is 73.5 Å². The fourth-order valence-electron chi connectivity index (χ4n) is 8.30. The fraction of sp³-hybridized carbons (Fsp3) is 0. The van der Waals surface area contributed by atoms with E-state index in [2.05, 4.69) is 156 Å². The van der Waals surface area contributed by atoms with Gasteiger partial charge in [0.15, 0.2) is 17.5 Å². The van der Waals surface area contributed by atoms with Crippen molar-refractivity contribution in [2.24, 2.45) is 0 Å². The van der Waals surface area contributed by atoms with Crippen LogP contribution >= 0.6 is 22.7 Å². The van der Waals surface area contributed by atoms with Crippen molar-refractivity contribution in [3.05, 3.63) is 170 Å². The van der Waals surface area contributed by atoms with Crippen LogP contribution in [0.5, 0.6) is 0 Å². The van der Waals surface area contributed by atoms with E-state index in [1.807, 2.05) is 40.9 Å². The molecule has 0 spiro atoms. The van der Waals surface area contributed by atoms with Gasteiger partial charge >= 0.3 is 0 Å². The SMILES string of the molecule is c1ccc(-c2nc(-c3ccc4ccccc4c3)nc(-c3cc(-n4c5ccccc5c5ccccc54)cc4c3sc3ccc5c6ccccc6sc5c34)n2)cc1. The number of para-hydroxylation sites is 2. The van der Waals surface area contributed by atoms with Crippen LogP contribution in [0.2, 0.25) is 0 Å². The van der Waals surface area contributed by atoms with E-state index in [4.69, 9.17) is 15.0 Å². The molecule has 0 unspecified atom stereocenters. The Hall–Kier alpha value is -6.73. The Balaban J connectivity index is 1.21. The maximum atomic E-state index is 5.35. The van der Waals surface area contributed by atoms with Gasteiger partial charge in [-0.3, -0.25) is 0 Å². The summed E-state index contributed by atoms with van der Waals surface area (Å²) < 4.78 is 7.44. The van der Waals surface area contributed by atoms with E-state index in [1.54, 1.807) is 0 Å². The summed E-state index contributed by atoms with van der Waals surface area (Å²) >= 11 is 3.70. The van der Waals surface area contributed by atoms with Gasteiger partial charge in [0.1, 0.15) is 0 Å². The second-order valence-electron chi connectivity index (χ2n) is 14.0. The van der Waals surface area contributed by atoms with Crippen molar-refractivity contribution in [3.8, 4) is 39.9 Å². The van der Waals surface area contributed by atoms with Crippen LogP contribution in [-0.2, 0) is 0 Å². The number of nitrogens with zero attached hydrogens (tertiary/aromatic N) is 4. The molecule has 4 heterocycles. The number of thiophene rings is 2. The molecule has 0 saturated heterocycles. The third-order valence-electron chi connectivity index (χ3n) is 10.8. The Morgan fingerprint density at radius 1 is 0.382 bits per heavy atom. The average Bonchev–Trinajstić information content (AvgIpc) is 3.93. The van der Waals surface area contributed by atoms with Gasteiger partial charge in [-0.1, -0.05) is 127 Å². The second kappa shape index (κ2) is 11.9. The van der Waals surface area contributed by atoms with Crippen LogP contribution < -0.4 is 0 Å². The molecule has 0 bridgehead atoms. The first-order valence-corrected chi connectivity index (χ1v) is 20.0.